The molecule has 2 fully saturated rings. The Morgan fingerprint density at radius 3 is 2.29 bits per heavy atom. The molecule has 0 bridgehead atoms. The maximum absolute atomic E-state index is 14.2. The Labute approximate surface area is 347 Å². The van der Waals surface area contributed by atoms with Crippen molar-refractivity contribution < 1.29 is 24.6 Å². The second-order valence-electron chi connectivity index (χ2n) is 16.2. The third-order valence-corrected chi connectivity index (χ3v) is 11.9. The fourth-order valence-corrected chi connectivity index (χ4v) is 8.39. The van der Waals surface area contributed by atoms with Crippen molar-refractivity contribution in [3.8, 4) is 27.4 Å². The number of hydrogen-bond donors (Lipinski definition) is 5. The summed E-state index contributed by atoms with van der Waals surface area (Å²) >= 11 is 1.57. The van der Waals surface area contributed by atoms with E-state index in [-0.39, 0.29) is 36.2 Å². The summed E-state index contributed by atoms with van der Waals surface area (Å²) < 4.78 is 0. The number of aryl methyl sites for hydroxylation is 1. The first kappa shape index (κ1) is 41.0. The molecular weight excluding hydrogens is 769 g/mol. The number of aromatic nitrogens is 4. The van der Waals surface area contributed by atoms with Crippen molar-refractivity contribution in [1.82, 2.24) is 35.7 Å². The van der Waals surface area contributed by atoms with E-state index in [0.717, 1.165) is 27.4 Å². The van der Waals surface area contributed by atoms with E-state index in [2.05, 4.69) is 40.6 Å². The Balaban J connectivity index is 0.969. The maximum atomic E-state index is 14.2. The molecule has 0 spiro atoms. The number of aliphatic hydroxyl groups is 1. The van der Waals surface area contributed by atoms with Crippen molar-refractivity contribution in [2.24, 2.45) is 5.41 Å². The highest BCUT2D eigenvalue weighted by Gasteiger charge is 2.45. The molecule has 16 heteroatoms. The number of aliphatic hydroxyl groups excluding tert-OH is 1. The molecule has 3 aromatic heterocycles. The van der Waals surface area contributed by atoms with E-state index in [0.29, 0.717) is 49.1 Å². The number of piperazine rings is 1. The van der Waals surface area contributed by atoms with Crippen LogP contribution in [0.1, 0.15) is 61.8 Å². The minimum Gasteiger partial charge on any atom is -0.507 e. The molecule has 308 valence electrons. The topological polar surface area (TPSA) is 203 Å². The number of pyridine rings is 1. The Hall–Kier alpha value is -6.13. The molecular formula is C43H50N10O5S. The van der Waals surface area contributed by atoms with Gasteiger partial charge in [-0.1, -0.05) is 57.2 Å². The molecule has 5 heterocycles. The molecule has 0 radical (unpaired) electrons. The first-order valence-electron chi connectivity index (χ1n) is 19.7. The van der Waals surface area contributed by atoms with Crippen LogP contribution in [0.2, 0.25) is 0 Å². The number of anilines is 3. The molecule has 0 saturated carbocycles. The number of hydrogen-bond acceptors (Lipinski definition) is 13. The molecule has 2 aliphatic rings. The van der Waals surface area contributed by atoms with Gasteiger partial charge in [0.1, 0.15) is 23.7 Å². The van der Waals surface area contributed by atoms with Crippen LogP contribution in [0.3, 0.4) is 0 Å². The van der Waals surface area contributed by atoms with Crippen LogP contribution in [-0.2, 0) is 9.59 Å². The smallest absolute Gasteiger partial charge is 0.253 e. The standard InChI is InChI=1S/C43H50N10O5S/c1-25(27-10-12-28(13-11-27)37-26(2)46-24-59-37)47-41(57)34-20-30(54)23-53(34)42(58)38(43(3,4)5)48-40(56)29-14-15-36(45-22-29)52-18-16-51(17-19-52)33-21-32(49-50-39(33)44)31-8-6-7-9-35(31)55/h6-15,21-22,24-25,30,34,38,54-55H,16-20,23H2,1-5H3,(H2,44,50)(H,47,57)(H,48,56). The van der Waals surface area contributed by atoms with Crippen LogP contribution in [0.5, 0.6) is 5.75 Å². The zero-order valence-corrected chi connectivity index (χ0v) is 34.6. The molecule has 15 nitrogen and oxygen atoms in total. The average Bonchev–Trinajstić information content (AvgIpc) is 3.85. The summed E-state index contributed by atoms with van der Waals surface area (Å²) in [7, 11) is 0. The number of carbonyl (C=O) groups excluding carboxylic acids is 3. The summed E-state index contributed by atoms with van der Waals surface area (Å²) in [5.74, 6) is -0.192. The molecule has 59 heavy (non-hydrogen) atoms. The fraction of sp³-hybridized carbons (Fsp3) is 0.372. The van der Waals surface area contributed by atoms with Crippen LogP contribution in [0.15, 0.2) is 78.4 Å². The van der Waals surface area contributed by atoms with Gasteiger partial charge in [0, 0.05) is 50.9 Å². The van der Waals surface area contributed by atoms with Crippen molar-refractivity contribution in [1.29, 1.82) is 0 Å². The van der Waals surface area contributed by atoms with E-state index in [1.807, 2.05) is 76.5 Å². The van der Waals surface area contributed by atoms with Crippen LogP contribution in [0, 0.1) is 12.3 Å². The minimum absolute atomic E-state index is 0.0256. The maximum Gasteiger partial charge on any atom is 0.253 e. The zero-order chi connectivity index (χ0) is 42.0. The molecule has 2 aromatic carbocycles. The van der Waals surface area contributed by atoms with E-state index in [9.17, 15) is 24.6 Å². The van der Waals surface area contributed by atoms with Gasteiger partial charge in [0.2, 0.25) is 11.8 Å². The number of likely N-dealkylation sites (tertiary alicyclic amines) is 1. The lowest BCUT2D eigenvalue weighted by Crippen LogP contribution is -2.57. The van der Waals surface area contributed by atoms with Gasteiger partial charge in [-0.15, -0.1) is 21.5 Å². The monoisotopic (exact) mass is 818 g/mol. The number of nitrogens with zero attached hydrogens (tertiary/aromatic N) is 7. The number of benzene rings is 2. The highest BCUT2D eigenvalue weighted by Crippen LogP contribution is 2.33. The van der Waals surface area contributed by atoms with Gasteiger partial charge in [-0.2, -0.15) is 0 Å². The molecule has 0 aliphatic carbocycles. The molecule has 3 amide bonds. The number of nitrogens with two attached hydrogens (primary N) is 1. The predicted molar refractivity (Wildman–Crippen MR) is 228 cm³/mol. The number of aromatic hydroxyl groups is 1. The predicted octanol–water partition coefficient (Wildman–Crippen LogP) is 4.57. The Morgan fingerprint density at radius 1 is 0.932 bits per heavy atom. The van der Waals surface area contributed by atoms with Gasteiger partial charge in [-0.05, 0) is 60.7 Å². The number of amides is 3. The van der Waals surface area contributed by atoms with Crippen molar-refractivity contribution in [2.75, 3.05) is 48.3 Å². The number of nitrogen functional groups attached to an aromatic ring is 1. The summed E-state index contributed by atoms with van der Waals surface area (Å²) in [6.45, 7) is 11.9. The van der Waals surface area contributed by atoms with Gasteiger partial charge < -0.3 is 41.3 Å². The quantitative estimate of drug-likeness (QED) is 0.132. The van der Waals surface area contributed by atoms with Gasteiger partial charge in [-0.25, -0.2) is 9.97 Å². The number of β-amino-alcohol motifs (C(OH)–C–C–N with tert-alkyl or cyclic N) is 1. The lowest BCUT2D eigenvalue weighted by Gasteiger charge is -2.37. The number of phenols is 1. The van der Waals surface area contributed by atoms with E-state index in [1.54, 1.807) is 41.7 Å². The number of carbonyl (C=O) groups is 3. The third-order valence-electron chi connectivity index (χ3n) is 11.0. The van der Waals surface area contributed by atoms with Crippen LogP contribution in [0.4, 0.5) is 17.3 Å². The lowest BCUT2D eigenvalue weighted by molar-refractivity contribution is -0.142. The molecule has 5 aromatic rings. The normalized spacial score (nSPS) is 18.0. The number of rotatable bonds is 10. The largest absolute Gasteiger partial charge is 0.507 e. The van der Waals surface area contributed by atoms with Gasteiger partial charge in [0.15, 0.2) is 5.82 Å². The second kappa shape index (κ2) is 17.0. The van der Waals surface area contributed by atoms with Crippen LogP contribution < -0.4 is 26.2 Å². The minimum atomic E-state index is -0.995. The van der Waals surface area contributed by atoms with Crippen molar-refractivity contribution in [3.05, 3.63) is 95.3 Å². The molecule has 6 N–H and O–H groups in total. The molecule has 2 aliphatic heterocycles. The van der Waals surface area contributed by atoms with Crippen LogP contribution in [0.25, 0.3) is 21.7 Å². The number of nitrogens with one attached hydrogen (secondary N) is 2. The highest BCUT2D eigenvalue weighted by atomic mass is 32.1. The first-order chi connectivity index (χ1) is 28.2. The van der Waals surface area contributed by atoms with E-state index >= 15 is 0 Å². The Kier molecular flexibility index (Phi) is 11.8. The summed E-state index contributed by atoms with van der Waals surface area (Å²) in [4.78, 5) is 57.3. The number of phenolic OH excluding ortho intramolecular Hbond substituents is 1. The molecule has 4 atom stereocenters. The number of para-hydroxylation sites is 1. The van der Waals surface area contributed by atoms with Gasteiger partial charge >= 0.3 is 0 Å². The SMILES string of the molecule is Cc1ncsc1-c1ccc(C(C)NC(=O)C2CC(O)CN2C(=O)C(NC(=O)c2ccc(N3CCN(c4cc(-c5ccccc5O)nnc4N)CC3)nc2)C(C)(C)C)cc1. The van der Waals surface area contributed by atoms with E-state index in [1.165, 1.54) is 11.1 Å². The zero-order valence-electron chi connectivity index (χ0n) is 33.8. The summed E-state index contributed by atoms with van der Waals surface area (Å²) in [6.07, 6.45) is 0.693. The highest BCUT2D eigenvalue weighted by molar-refractivity contribution is 7.13. The van der Waals surface area contributed by atoms with E-state index < -0.39 is 35.4 Å². The third kappa shape index (κ3) is 8.98. The summed E-state index contributed by atoms with van der Waals surface area (Å²) in [6, 6.07) is 17.9. The van der Waals surface area contributed by atoms with Gasteiger partial charge in [0.05, 0.1) is 45.2 Å². The van der Waals surface area contributed by atoms with Crippen LogP contribution >= 0.6 is 11.3 Å². The average molecular weight is 819 g/mol. The number of thiazole rings is 1. The Bertz CT molecular complexity index is 2300. The molecule has 2 saturated heterocycles. The Morgan fingerprint density at radius 2 is 1.64 bits per heavy atom. The lowest BCUT2D eigenvalue weighted by atomic mass is 9.85. The fourth-order valence-electron chi connectivity index (χ4n) is 7.58. The van der Waals surface area contributed by atoms with Crippen LogP contribution in [-0.4, -0.2) is 104 Å². The van der Waals surface area contributed by atoms with E-state index in [4.69, 9.17) is 5.73 Å². The van der Waals surface area contributed by atoms with Crippen molar-refractivity contribution in [2.45, 2.75) is 65.3 Å². The van der Waals surface area contributed by atoms with Crippen molar-refractivity contribution >= 4 is 46.4 Å². The first-order valence-corrected chi connectivity index (χ1v) is 20.5. The van der Waals surface area contributed by atoms with Crippen molar-refractivity contribution in [3.63, 3.8) is 0 Å². The molecule has 7 rings (SSSR count). The summed E-state index contributed by atoms with van der Waals surface area (Å²) in [5.41, 5.74) is 12.3. The second-order valence-corrected chi connectivity index (χ2v) is 17.0. The molecule has 4 unspecified atom stereocenters. The summed E-state index contributed by atoms with van der Waals surface area (Å²) in [5, 5.41) is 35.3. The van der Waals surface area contributed by atoms with Gasteiger partial charge in [0.25, 0.3) is 5.91 Å². The van der Waals surface area contributed by atoms with Gasteiger partial charge in [-0.3, -0.25) is 14.4 Å².